The van der Waals surface area contributed by atoms with Crippen LogP contribution in [0.25, 0.3) is 0 Å². The molecule has 0 aliphatic rings. The molecule has 0 radical (unpaired) electrons. The lowest BCUT2D eigenvalue weighted by molar-refractivity contribution is -0.136. The minimum absolute atomic E-state index is 0.0312. The summed E-state index contributed by atoms with van der Waals surface area (Å²) in [5, 5.41) is 16.7. The number of carbonyl (C=O) groups is 2. The molecule has 0 atom stereocenters. The summed E-state index contributed by atoms with van der Waals surface area (Å²) < 4.78 is 0. The lowest BCUT2D eigenvalue weighted by Crippen LogP contribution is -2.28. The fourth-order valence-electron chi connectivity index (χ4n) is 1.55. The number of hydrogen-bond donors (Lipinski definition) is 3. The van der Waals surface area contributed by atoms with Gasteiger partial charge in [-0.25, -0.2) is 9.78 Å². The van der Waals surface area contributed by atoms with Gasteiger partial charge in [-0.2, -0.15) is 0 Å². The summed E-state index contributed by atoms with van der Waals surface area (Å²) in [7, 11) is 0. The van der Waals surface area contributed by atoms with E-state index in [0.29, 0.717) is 17.8 Å². The second-order valence-electron chi connectivity index (χ2n) is 4.00. The Bertz CT molecular complexity index is 581. The number of nitrogens with one attached hydrogen (secondary N) is 2. The molecular weight excluding hydrogens is 278 g/mol. The normalized spacial score (nSPS) is 10.0. The molecule has 1 aromatic heterocycles. The minimum atomic E-state index is -0.882. The number of rotatable bonds is 5. The van der Waals surface area contributed by atoms with Crippen LogP contribution in [0.1, 0.15) is 10.6 Å². The topological polar surface area (TPSA) is 91.3 Å². The van der Waals surface area contributed by atoms with E-state index in [4.69, 9.17) is 5.11 Å². The molecular formula is C13H13N3O3S. The number of amides is 2. The van der Waals surface area contributed by atoms with E-state index in [1.165, 1.54) is 11.3 Å². The average Bonchev–Trinajstić information content (AvgIpc) is 2.91. The van der Waals surface area contributed by atoms with Crippen LogP contribution in [0, 0.1) is 0 Å². The molecule has 6 nitrogen and oxygen atoms in total. The highest BCUT2D eigenvalue weighted by Gasteiger charge is 2.04. The van der Waals surface area contributed by atoms with Crippen LogP contribution in [-0.4, -0.2) is 22.1 Å². The summed E-state index contributed by atoms with van der Waals surface area (Å²) >= 11 is 1.47. The molecule has 3 N–H and O–H groups in total. The first-order valence-corrected chi connectivity index (χ1v) is 6.75. The molecule has 0 spiro atoms. The highest BCUT2D eigenvalue weighted by molar-refractivity contribution is 7.09. The van der Waals surface area contributed by atoms with E-state index in [2.05, 4.69) is 15.6 Å². The largest absolute Gasteiger partial charge is 0.481 e. The first kappa shape index (κ1) is 14.0. The van der Waals surface area contributed by atoms with E-state index < -0.39 is 5.97 Å². The number of nitrogens with zero attached hydrogens (tertiary/aromatic N) is 1. The van der Waals surface area contributed by atoms with E-state index >= 15 is 0 Å². The summed E-state index contributed by atoms with van der Waals surface area (Å²) in [5.74, 6) is -0.882. The lowest BCUT2D eigenvalue weighted by atomic mass is 10.1. The maximum absolute atomic E-state index is 11.6. The predicted molar refractivity (Wildman–Crippen MR) is 75.8 cm³/mol. The summed E-state index contributed by atoms with van der Waals surface area (Å²) in [4.78, 5) is 26.2. The number of benzene rings is 1. The number of anilines is 1. The molecule has 1 heterocycles. The van der Waals surface area contributed by atoms with Crippen molar-refractivity contribution in [1.29, 1.82) is 0 Å². The van der Waals surface area contributed by atoms with Gasteiger partial charge < -0.3 is 15.7 Å². The maximum Gasteiger partial charge on any atom is 0.319 e. The van der Waals surface area contributed by atoms with E-state index in [1.54, 1.807) is 30.5 Å². The highest BCUT2D eigenvalue weighted by Crippen LogP contribution is 2.10. The monoisotopic (exact) mass is 291 g/mol. The lowest BCUT2D eigenvalue weighted by Gasteiger charge is -2.07. The van der Waals surface area contributed by atoms with Crippen molar-refractivity contribution in [1.82, 2.24) is 10.3 Å². The van der Waals surface area contributed by atoms with Crippen molar-refractivity contribution in [3.63, 3.8) is 0 Å². The maximum atomic E-state index is 11.6. The molecule has 0 aliphatic heterocycles. The van der Waals surface area contributed by atoms with Crippen LogP contribution in [0.15, 0.2) is 35.8 Å². The summed E-state index contributed by atoms with van der Waals surface area (Å²) in [6.07, 6.45) is 1.65. The van der Waals surface area contributed by atoms with Crippen LogP contribution in [-0.2, 0) is 17.8 Å². The zero-order valence-electron chi connectivity index (χ0n) is 10.5. The third kappa shape index (κ3) is 4.36. The standard InChI is InChI=1S/C13H13N3O3S/c17-12(18)7-9-1-3-10(4-2-9)16-13(19)15-8-11-14-5-6-20-11/h1-6H,7-8H2,(H,17,18)(H2,15,16,19). The molecule has 0 saturated heterocycles. The number of hydrogen-bond acceptors (Lipinski definition) is 4. The zero-order chi connectivity index (χ0) is 14.4. The van der Waals surface area contributed by atoms with Crippen molar-refractivity contribution < 1.29 is 14.7 Å². The second-order valence-corrected chi connectivity index (χ2v) is 4.98. The van der Waals surface area contributed by atoms with Crippen molar-refractivity contribution >= 4 is 29.0 Å². The molecule has 0 saturated carbocycles. The Morgan fingerprint density at radius 2 is 2.00 bits per heavy atom. The van der Waals surface area contributed by atoms with E-state index in [-0.39, 0.29) is 12.5 Å². The predicted octanol–water partition coefficient (Wildman–Crippen LogP) is 2.09. The van der Waals surface area contributed by atoms with Crippen molar-refractivity contribution in [2.45, 2.75) is 13.0 Å². The molecule has 0 bridgehead atoms. The van der Waals surface area contributed by atoms with Gasteiger partial charge in [-0.15, -0.1) is 11.3 Å². The third-order valence-electron chi connectivity index (χ3n) is 2.45. The Hall–Kier alpha value is -2.41. The van der Waals surface area contributed by atoms with Crippen LogP contribution >= 0.6 is 11.3 Å². The van der Waals surface area contributed by atoms with Crippen LogP contribution in [0.3, 0.4) is 0 Å². The highest BCUT2D eigenvalue weighted by atomic mass is 32.1. The smallest absolute Gasteiger partial charge is 0.319 e. The summed E-state index contributed by atoms with van der Waals surface area (Å²) in [6.45, 7) is 0.376. The number of urea groups is 1. The van der Waals surface area contributed by atoms with E-state index in [1.807, 2.05) is 5.38 Å². The van der Waals surface area contributed by atoms with Gasteiger partial charge in [0.2, 0.25) is 0 Å². The van der Waals surface area contributed by atoms with Crippen LogP contribution < -0.4 is 10.6 Å². The molecule has 0 unspecified atom stereocenters. The quantitative estimate of drug-likeness (QED) is 0.786. The molecule has 2 rings (SSSR count). The van der Waals surface area contributed by atoms with Crippen molar-refractivity contribution in [2.24, 2.45) is 0 Å². The van der Waals surface area contributed by atoms with E-state index in [0.717, 1.165) is 5.01 Å². The molecule has 0 fully saturated rings. The second kappa shape index (κ2) is 6.67. The Kier molecular flexibility index (Phi) is 4.67. The average molecular weight is 291 g/mol. The number of carboxylic acid groups (broad SMARTS) is 1. The van der Waals surface area contributed by atoms with Gasteiger partial charge in [0.15, 0.2) is 0 Å². The van der Waals surface area contributed by atoms with E-state index in [9.17, 15) is 9.59 Å². The molecule has 1 aromatic carbocycles. The van der Waals surface area contributed by atoms with Gasteiger partial charge in [0.1, 0.15) is 5.01 Å². The van der Waals surface area contributed by atoms with Gasteiger partial charge >= 0.3 is 12.0 Å². The molecule has 104 valence electrons. The van der Waals surface area contributed by atoms with Gasteiger partial charge in [0, 0.05) is 17.3 Å². The first-order valence-electron chi connectivity index (χ1n) is 5.87. The van der Waals surface area contributed by atoms with Gasteiger partial charge in [-0.1, -0.05) is 12.1 Å². The summed E-state index contributed by atoms with van der Waals surface area (Å²) in [5.41, 5.74) is 1.29. The molecule has 7 heteroatoms. The van der Waals surface area contributed by atoms with Crippen molar-refractivity contribution in [3.05, 3.63) is 46.4 Å². The Morgan fingerprint density at radius 3 is 2.60 bits per heavy atom. The van der Waals surface area contributed by atoms with Crippen LogP contribution in [0.2, 0.25) is 0 Å². The Labute approximate surface area is 119 Å². The Balaban J connectivity index is 1.83. The minimum Gasteiger partial charge on any atom is -0.481 e. The molecule has 20 heavy (non-hydrogen) atoms. The fourth-order valence-corrected chi connectivity index (χ4v) is 2.11. The molecule has 0 aliphatic carbocycles. The molecule has 2 aromatic rings. The number of aliphatic carboxylic acids is 1. The number of thiazole rings is 1. The molecule has 2 amide bonds. The van der Waals surface area contributed by atoms with Crippen molar-refractivity contribution in [3.8, 4) is 0 Å². The number of aromatic nitrogens is 1. The number of carboxylic acids is 1. The van der Waals surface area contributed by atoms with Gasteiger partial charge in [0.25, 0.3) is 0 Å². The van der Waals surface area contributed by atoms with Gasteiger partial charge in [0.05, 0.1) is 13.0 Å². The zero-order valence-corrected chi connectivity index (χ0v) is 11.3. The van der Waals surface area contributed by atoms with Crippen molar-refractivity contribution in [2.75, 3.05) is 5.32 Å². The first-order chi connectivity index (χ1) is 9.63. The van der Waals surface area contributed by atoms with Crippen LogP contribution in [0.5, 0.6) is 0 Å². The van der Waals surface area contributed by atoms with Crippen LogP contribution in [0.4, 0.5) is 10.5 Å². The fraction of sp³-hybridized carbons (Fsp3) is 0.154. The van der Waals surface area contributed by atoms with Gasteiger partial charge in [-0.05, 0) is 17.7 Å². The SMILES string of the molecule is O=C(O)Cc1ccc(NC(=O)NCc2nccs2)cc1. The third-order valence-corrected chi connectivity index (χ3v) is 3.23. The Morgan fingerprint density at radius 1 is 1.25 bits per heavy atom. The van der Waals surface area contributed by atoms with Gasteiger partial charge in [-0.3, -0.25) is 4.79 Å². The number of carbonyl (C=O) groups excluding carboxylic acids is 1. The summed E-state index contributed by atoms with van der Waals surface area (Å²) in [6, 6.07) is 6.35.